The largest absolute Gasteiger partial charge is 0.493 e. The smallest absolute Gasteiger partial charge is 0.253 e. The zero-order valence-electron chi connectivity index (χ0n) is 22.3. The number of aromatic nitrogens is 1. The summed E-state index contributed by atoms with van der Waals surface area (Å²) in [5.74, 6) is 1.45. The van der Waals surface area contributed by atoms with Gasteiger partial charge in [0, 0.05) is 30.1 Å². The van der Waals surface area contributed by atoms with Gasteiger partial charge >= 0.3 is 0 Å². The van der Waals surface area contributed by atoms with Gasteiger partial charge in [-0.25, -0.2) is 4.98 Å². The lowest BCUT2D eigenvalue weighted by molar-refractivity contribution is -0.141. The number of rotatable bonds is 9. The molecule has 1 amide bonds. The van der Waals surface area contributed by atoms with Crippen molar-refractivity contribution in [2.45, 2.75) is 58.3 Å². The van der Waals surface area contributed by atoms with Gasteiger partial charge in [0.25, 0.3) is 5.91 Å². The third-order valence-electron chi connectivity index (χ3n) is 8.07. The van der Waals surface area contributed by atoms with Gasteiger partial charge in [0.05, 0.1) is 32.9 Å². The van der Waals surface area contributed by atoms with E-state index in [9.17, 15) is 20.1 Å². The summed E-state index contributed by atoms with van der Waals surface area (Å²) in [4.78, 5) is 21.0. The molecule has 9 heteroatoms. The number of nitrogens with zero attached hydrogens (tertiary/aromatic N) is 3. The molecule has 2 saturated heterocycles. The van der Waals surface area contributed by atoms with Gasteiger partial charge in [0.15, 0.2) is 17.6 Å². The maximum atomic E-state index is 12.6. The molecule has 37 heavy (non-hydrogen) atoms. The van der Waals surface area contributed by atoms with Gasteiger partial charge in [0.1, 0.15) is 11.9 Å². The molecule has 202 valence electrons. The Bertz CT molecular complexity index is 1120. The molecule has 4 atom stereocenters. The van der Waals surface area contributed by atoms with E-state index in [1.165, 1.54) is 10.5 Å². The standard InChI is InChI=1S/C28H39N3O6/c1-6-19-8-10-26(29-17(19)2)30-12-21(13-30)37-25-11-20(7-9-24(25)36-5)22-14-31(27(35)23(34)15-32)16-28(22,4)18(3)33/h7-11,18,21-23,32-34H,6,12-16H2,1-5H3/t18-,22+,23+,28?/m1/s1. The van der Waals surface area contributed by atoms with Crippen molar-refractivity contribution in [1.29, 1.82) is 0 Å². The van der Waals surface area contributed by atoms with Crippen molar-refractivity contribution >= 4 is 11.7 Å². The van der Waals surface area contributed by atoms with E-state index in [0.717, 1.165) is 23.5 Å². The maximum absolute atomic E-state index is 12.6. The number of aliphatic hydroxyl groups is 3. The molecule has 1 unspecified atom stereocenters. The van der Waals surface area contributed by atoms with Crippen LogP contribution < -0.4 is 14.4 Å². The Labute approximate surface area is 218 Å². The first-order chi connectivity index (χ1) is 17.6. The highest BCUT2D eigenvalue weighted by Gasteiger charge is 2.49. The first-order valence-corrected chi connectivity index (χ1v) is 12.9. The molecule has 3 heterocycles. The molecule has 1 aromatic carbocycles. The molecule has 3 N–H and O–H groups in total. The van der Waals surface area contributed by atoms with Crippen LogP contribution >= 0.6 is 0 Å². The van der Waals surface area contributed by atoms with Gasteiger partial charge < -0.3 is 34.6 Å². The van der Waals surface area contributed by atoms with Crippen LogP contribution in [0.1, 0.15) is 43.5 Å². The van der Waals surface area contributed by atoms with Crippen molar-refractivity contribution < 1.29 is 29.6 Å². The zero-order valence-corrected chi connectivity index (χ0v) is 22.3. The summed E-state index contributed by atoms with van der Waals surface area (Å²) in [5, 5.41) is 29.8. The minimum absolute atomic E-state index is 0.0263. The molecule has 0 aliphatic carbocycles. The van der Waals surface area contributed by atoms with Gasteiger partial charge in [0.2, 0.25) is 0 Å². The highest BCUT2D eigenvalue weighted by atomic mass is 16.5. The second kappa shape index (κ2) is 10.8. The number of methoxy groups -OCH3 is 1. The fourth-order valence-electron chi connectivity index (χ4n) is 5.39. The number of aliphatic hydroxyl groups excluding tert-OH is 3. The quantitative estimate of drug-likeness (QED) is 0.466. The van der Waals surface area contributed by atoms with E-state index >= 15 is 0 Å². The Morgan fingerprint density at radius 3 is 2.51 bits per heavy atom. The summed E-state index contributed by atoms with van der Waals surface area (Å²) in [6.45, 7) is 9.19. The van der Waals surface area contributed by atoms with Gasteiger partial charge in [-0.1, -0.05) is 26.0 Å². The Hall–Kier alpha value is -2.88. The summed E-state index contributed by atoms with van der Waals surface area (Å²) in [5.41, 5.74) is 2.57. The minimum Gasteiger partial charge on any atom is -0.493 e. The Morgan fingerprint density at radius 1 is 1.19 bits per heavy atom. The van der Waals surface area contributed by atoms with Gasteiger partial charge in [-0.05, 0) is 49.6 Å². The molecule has 2 aromatic rings. The Kier molecular flexibility index (Phi) is 7.96. The first-order valence-electron chi connectivity index (χ1n) is 12.9. The predicted octanol–water partition coefficient (Wildman–Crippen LogP) is 1.89. The van der Waals surface area contributed by atoms with E-state index in [-0.39, 0.29) is 18.6 Å². The van der Waals surface area contributed by atoms with E-state index < -0.39 is 30.1 Å². The summed E-state index contributed by atoms with van der Waals surface area (Å²) in [6, 6.07) is 9.91. The number of likely N-dealkylation sites (tertiary alicyclic amines) is 1. The van der Waals surface area contributed by atoms with Gasteiger partial charge in [-0.2, -0.15) is 0 Å². The molecule has 1 aromatic heterocycles. The molecule has 2 aliphatic rings. The van der Waals surface area contributed by atoms with Crippen molar-refractivity contribution in [2.75, 3.05) is 44.8 Å². The molecular formula is C28H39N3O6. The van der Waals surface area contributed by atoms with E-state index in [1.54, 1.807) is 14.0 Å². The molecule has 9 nitrogen and oxygen atoms in total. The van der Waals surface area contributed by atoms with E-state index in [1.807, 2.05) is 32.0 Å². The summed E-state index contributed by atoms with van der Waals surface area (Å²) < 4.78 is 11.9. The number of hydrogen-bond donors (Lipinski definition) is 3. The number of ether oxygens (including phenoxy) is 2. The molecule has 4 rings (SSSR count). The Morgan fingerprint density at radius 2 is 1.92 bits per heavy atom. The highest BCUT2D eigenvalue weighted by molar-refractivity contribution is 5.81. The van der Waals surface area contributed by atoms with Crippen LogP contribution in [0.25, 0.3) is 0 Å². The van der Waals surface area contributed by atoms with Crippen molar-refractivity contribution in [2.24, 2.45) is 5.41 Å². The molecule has 0 radical (unpaired) electrons. The number of anilines is 1. The molecule has 2 fully saturated rings. The molecular weight excluding hydrogens is 474 g/mol. The van der Waals surface area contributed by atoms with Crippen LogP contribution in [0.4, 0.5) is 5.82 Å². The number of benzene rings is 1. The van der Waals surface area contributed by atoms with E-state index in [2.05, 4.69) is 24.0 Å². The number of amides is 1. The van der Waals surface area contributed by atoms with Gasteiger partial charge in [-0.15, -0.1) is 0 Å². The topological polar surface area (TPSA) is 116 Å². The number of carbonyl (C=O) groups is 1. The third-order valence-corrected chi connectivity index (χ3v) is 8.07. The zero-order chi connectivity index (χ0) is 26.9. The van der Waals surface area contributed by atoms with E-state index in [4.69, 9.17) is 14.5 Å². The van der Waals surface area contributed by atoms with Crippen LogP contribution in [0.3, 0.4) is 0 Å². The summed E-state index contributed by atoms with van der Waals surface area (Å²) in [6.07, 6.45) is -1.24. The average molecular weight is 514 g/mol. The molecule has 0 saturated carbocycles. The fraction of sp³-hybridized carbons (Fsp3) is 0.571. The van der Waals surface area contributed by atoms with Crippen molar-refractivity contribution in [3.8, 4) is 11.5 Å². The van der Waals surface area contributed by atoms with Crippen molar-refractivity contribution in [3.63, 3.8) is 0 Å². The number of aryl methyl sites for hydroxylation is 2. The number of pyridine rings is 1. The Balaban J connectivity index is 1.51. The van der Waals surface area contributed by atoms with Crippen molar-refractivity contribution in [3.05, 3.63) is 47.2 Å². The lowest BCUT2D eigenvalue weighted by Gasteiger charge is -2.40. The third kappa shape index (κ3) is 5.26. The van der Waals surface area contributed by atoms with Crippen LogP contribution in [0, 0.1) is 12.3 Å². The monoisotopic (exact) mass is 513 g/mol. The highest BCUT2D eigenvalue weighted by Crippen LogP contribution is 2.47. The fourth-order valence-corrected chi connectivity index (χ4v) is 5.39. The summed E-state index contributed by atoms with van der Waals surface area (Å²) >= 11 is 0. The van der Waals surface area contributed by atoms with Crippen LogP contribution in [0.15, 0.2) is 30.3 Å². The molecule has 2 aliphatic heterocycles. The van der Waals surface area contributed by atoms with Crippen LogP contribution in [0.2, 0.25) is 0 Å². The molecule has 0 bridgehead atoms. The summed E-state index contributed by atoms with van der Waals surface area (Å²) in [7, 11) is 1.60. The maximum Gasteiger partial charge on any atom is 0.253 e. The average Bonchev–Trinajstić information content (AvgIpc) is 3.23. The second-order valence-corrected chi connectivity index (χ2v) is 10.5. The van der Waals surface area contributed by atoms with Crippen molar-refractivity contribution in [1.82, 2.24) is 9.88 Å². The minimum atomic E-state index is -1.47. The molecule has 0 spiro atoms. The van der Waals surface area contributed by atoms with Crippen LogP contribution in [0.5, 0.6) is 11.5 Å². The normalized spacial score (nSPS) is 23.5. The SMILES string of the molecule is CCc1ccc(N2CC(Oc3cc([C@@H]4CN(C(=O)[C@@H](O)CO)CC4(C)[C@@H](C)O)ccc3OC)C2)nc1C. The first kappa shape index (κ1) is 27.2. The van der Waals surface area contributed by atoms with Gasteiger partial charge in [-0.3, -0.25) is 4.79 Å². The lowest BCUT2D eigenvalue weighted by atomic mass is 9.72. The second-order valence-electron chi connectivity index (χ2n) is 10.5. The van der Waals surface area contributed by atoms with E-state index in [0.29, 0.717) is 31.1 Å². The number of hydrogen-bond acceptors (Lipinski definition) is 8. The van der Waals surface area contributed by atoms with Crippen LogP contribution in [-0.4, -0.2) is 89.3 Å². The van der Waals surface area contributed by atoms with Crippen LogP contribution in [-0.2, 0) is 11.2 Å². The number of carbonyl (C=O) groups excluding carboxylic acids is 1. The lowest BCUT2D eigenvalue weighted by Crippen LogP contribution is -2.54. The predicted molar refractivity (Wildman–Crippen MR) is 140 cm³/mol.